The summed E-state index contributed by atoms with van der Waals surface area (Å²) in [5, 5.41) is 2.72. The molecule has 4 rings (SSSR count). The van der Waals surface area contributed by atoms with E-state index in [4.69, 9.17) is 33.3 Å². The topological polar surface area (TPSA) is 38.8 Å². The van der Waals surface area contributed by atoms with E-state index in [1.807, 2.05) is 44.2 Å². The van der Waals surface area contributed by atoms with Gasteiger partial charge in [0.25, 0.3) is 5.91 Å². The third kappa shape index (κ3) is 4.63. The molecule has 0 aliphatic carbocycles. The van der Waals surface area contributed by atoms with Gasteiger partial charge in [0.2, 0.25) is 0 Å². The molecular formula is C25H22ClNO3S2. The molecule has 7 heteroatoms. The average molecular weight is 484 g/mol. The maximum absolute atomic E-state index is 12.5. The third-order valence-electron chi connectivity index (χ3n) is 5.07. The van der Waals surface area contributed by atoms with E-state index in [1.54, 1.807) is 17.0 Å². The van der Waals surface area contributed by atoms with Gasteiger partial charge < -0.3 is 9.47 Å². The molecule has 0 unspecified atom stereocenters. The third-order valence-corrected chi connectivity index (χ3v) is 6.73. The molecule has 0 radical (unpaired) electrons. The predicted octanol–water partition coefficient (Wildman–Crippen LogP) is 6.69. The second-order valence-electron chi connectivity index (χ2n) is 7.12. The number of fused-ring (bicyclic) bond motifs is 1. The fourth-order valence-corrected chi connectivity index (χ4v) is 5.22. The second kappa shape index (κ2) is 9.94. The first kappa shape index (κ1) is 22.6. The molecule has 1 amide bonds. The van der Waals surface area contributed by atoms with Gasteiger partial charge in [-0.3, -0.25) is 9.69 Å². The van der Waals surface area contributed by atoms with E-state index in [9.17, 15) is 4.79 Å². The number of amides is 1. The fraction of sp³-hybridized carbons (Fsp3) is 0.200. The van der Waals surface area contributed by atoms with Gasteiger partial charge in [-0.25, -0.2) is 0 Å². The molecule has 0 saturated carbocycles. The van der Waals surface area contributed by atoms with E-state index in [2.05, 4.69) is 18.2 Å². The first-order chi connectivity index (χ1) is 15.5. The molecular weight excluding hydrogens is 462 g/mol. The number of likely N-dealkylation sites (N-methyl/N-ethyl adjacent to an activating group) is 1. The van der Waals surface area contributed by atoms with Crippen LogP contribution in [0.3, 0.4) is 0 Å². The van der Waals surface area contributed by atoms with Crippen molar-refractivity contribution in [1.82, 2.24) is 4.90 Å². The van der Waals surface area contributed by atoms with Gasteiger partial charge >= 0.3 is 0 Å². The van der Waals surface area contributed by atoms with E-state index in [1.165, 1.54) is 11.8 Å². The summed E-state index contributed by atoms with van der Waals surface area (Å²) >= 11 is 13.2. The Bertz CT molecular complexity index is 1220. The summed E-state index contributed by atoms with van der Waals surface area (Å²) in [4.78, 5) is 14.7. The van der Waals surface area contributed by atoms with Crippen molar-refractivity contribution < 1.29 is 14.3 Å². The number of nitrogens with zero attached hydrogens (tertiary/aromatic N) is 1. The zero-order valence-corrected chi connectivity index (χ0v) is 20.2. The standard InChI is InChI=1S/C25H22ClNO3S2/c1-3-27-24(28)22(32-25(27)31)14-16-12-20(26)23(21(13-16)29-4-2)30-15-18-10-7-9-17-8-5-6-11-19(17)18/h5-14H,3-4,15H2,1-2H3/b22-14-. The Hall–Kier alpha value is -2.54. The van der Waals surface area contributed by atoms with Gasteiger partial charge in [0, 0.05) is 6.54 Å². The molecule has 0 spiro atoms. The van der Waals surface area contributed by atoms with Gasteiger partial charge in [0.05, 0.1) is 16.5 Å². The highest BCUT2D eigenvalue weighted by Gasteiger charge is 2.30. The summed E-state index contributed by atoms with van der Waals surface area (Å²) in [6, 6.07) is 17.9. The summed E-state index contributed by atoms with van der Waals surface area (Å²) in [5.74, 6) is 0.935. The van der Waals surface area contributed by atoms with Crippen LogP contribution in [0, 0.1) is 0 Å². The molecule has 1 aliphatic rings. The minimum Gasteiger partial charge on any atom is -0.490 e. The minimum atomic E-state index is -0.0899. The Morgan fingerprint density at radius 3 is 2.62 bits per heavy atom. The van der Waals surface area contributed by atoms with Crippen LogP contribution in [0.2, 0.25) is 5.02 Å². The van der Waals surface area contributed by atoms with Crippen molar-refractivity contribution in [3.8, 4) is 11.5 Å². The number of thioether (sulfide) groups is 1. The van der Waals surface area contributed by atoms with Crippen LogP contribution in [0.5, 0.6) is 11.5 Å². The monoisotopic (exact) mass is 483 g/mol. The Labute approximate surface area is 202 Å². The lowest BCUT2D eigenvalue weighted by Crippen LogP contribution is -2.27. The fourth-order valence-electron chi connectivity index (χ4n) is 3.57. The van der Waals surface area contributed by atoms with E-state index >= 15 is 0 Å². The van der Waals surface area contributed by atoms with Crippen molar-refractivity contribution in [3.05, 3.63) is 75.7 Å². The van der Waals surface area contributed by atoms with Gasteiger partial charge in [-0.15, -0.1) is 0 Å². The largest absolute Gasteiger partial charge is 0.490 e. The number of thiocarbonyl (C=S) groups is 1. The molecule has 1 heterocycles. The lowest BCUT2D eigenvalue weighted by molar-refractivity contribution is -0.121. The lowest BCUT2D eigenvalue weighted by atomic mass is 10.1. The van der Waals surface area contributed by atoms with E-state index < -0.39 is 0 Å². The van der Waals surface area contributed by atoms with Crippen molar-refractivity contribution in [2.75, 3.05) is 13.2 Å². The molecule has 3 aromatic carbocycles. The zero-order chi connectivity index (χ0) is 22.7. The SMILES string of the molecule is CCOc1cc(/C=C2\SC(=S)N(CC)C2=O)cc(Cl)c1OCc1cccc2ccccc12. The number of halogens is 1. The summed E-state index contributed by atoms with van der Waals surface area (Å²) in [6.07, 6.45) is 1.79. The van der Waals surface area contributed by atoms with Crippen LogP contribution in [0.25, 0.3) is 16.8 Å². The number of benzene rings is 3. The van der Waals surface area contributed by atoms with Crippen LogP contribution < -0.4 is 9.47 Å². The first-order valence-electron chi connectivity index (χ1n) is 10.3. The summed E-state index contributed by atoms with van der Waals surface area (Å²) in [6.45, 7) is 5.17. The van der Waals surface area contributed by atoms with Gasteiger partial charge in [-0.05, 0) is 54.0 Å². The Kier molecular flexibility index (Phi) is 7.04. The highest BCUT2D eigenvalue weighted by atomic mass is 35.5. The molecule has 0 aromatic heterocycles. The molecule has 32 heavy (non-hydrogen) atoms. The van der Waals surface area contributed by atoms with Crippen LogP contribution in [-0.4, -0.2) is 28.3 Å². The number of hydrogen-bond donors (Lipinski definition) is 0. The normalized spacial score (nSPS) is 15.1. The van der Waals surface area contributed by atoms with E-state index in [-0.39, 0.29) is 5.91 Å². The first-order valence-corrected chi connectivity index (χ1v) is 11.9. The molecule has 4 nitrogen and oxygen atoms in total. The molecule has 1 fully saturated rings. The molecule has 164 valence electrons. The van der Waals surface area contributed by atoms with Crippen molar-refractivity contribution in [2.45, 2.75) is 20.5 Å². The van der Waals surface area contributed by atoms with Gasteiger partial charge in [-0.1, -0.05) is 78.0 Å². The molecule has 3 aromatic rings. The lowest BCUT2D eigenvalue weighted by Gasteiger charge is -2.15. The van der Waals surface area contributed by atoms with Crippen molar-refractivity contribution in [1.29, 1.82) is 0 Å². The molecule has 0 bridgehead atoms. The maximum atomic E-state index is 12.5. The summed E-state index contributed by atoms with van der Waals surface area (Å²) in [5.41, 5.74) is 1.82. The number of carbonyl (C=O) groups is 1. The number of hydrogen-bond acceptors (Lipinski definition) is 5. The minimum absolute atomic E-state index is 0.0899. The Morgan fingerprint density at radius 1 is 1.09 bits per heavy atom. The second-order valence-corrected chi connectivity index (χ2v) is 9.20. The molecule has 1 saturated heterocycles. The van der Waals surface area contributed by atoms with Gasteiger partial charge in [-0.2, -0.15) is 0 Å². The van der Waals surface area contributed by atoms with E-state index in [0.717, 1.165) is 21.9 Å². The van der Waals surface area contributed by atoms with Crippen molar-refractivity contribution in [2.24, 2.45) is 0 Å². The van der Waals surface area contributed by atoms with E-state index in [0.29, 0.717) is 45.5 Å². The molecule has 0 atom stereocenters. The smallest absolute Gasteiger partial charge is 0.266 e. The Balaban J connectivity index is 1.63. The van der Waals surface area contributed by atoms with Gasteiger partial charge in [0.1, 0.15) is 10.9 Å². The molecule has 1 aliphatic heterocycles. The Morgan fingerprint density at radius 2 is 1.88 bits per heavy atom. The van der Waals surface area contributed by atoms with Gasteiger partial charge in [0.15, 0.2) is 11.5 Å². The van der Waals surface area contributed by atoms with Crippen LogP contribution in [0.15, 0.2) is 59.5 Å². The van der Waals surface area contributed by atoms with Crippen LogP contribution in [0.4, 0.5) is 0 Å². The van der Waals surface area contributed by atoms with Crippen LogP contribution >= 0.6 is 35.6 Å². The summed E-state index contributed by atoms with van der Waals surface area (Å²) in [7, 11) is 0. The van der Waals surface area contributed by atoms with Crippen molar-refractivity contribution >= 4 is 62.7 Å². The summed E-state index contributed by atoms with van der Waals surface area (Å²) < 4.78 is 12.5. The predicted molar refractivity (Wildman–Crippen MR) is 136 cm³/mol. The number of carbonyl (C=O) groups excluding carboxylic acids is 1. The number of ether oxygens (including phenoxy) is 2. The van der Waals surface area contributed by atoms with Crippen molar-refractivity contribution in [3.63, 3.8) is 0 Å². The van der Waals surface area contributed by atoms with Crippen LogP contribution in [-0.2, 0) is 11.4 Å². The number of rotatable bonds is 7. The highest BCUT2D eigenvalue weighted by Crippen LogP contribution is 2.39. The van der Waals surface area contributed by atoms with Crippen LogP contribution in [0.1, 0.15) is 25.0 Å². The zero-order valence-electron chi connectivity index (χ0n) is 17.8. The molecule has 0 N–H and O–H groups in total. The quantitative estimate of drug-likeness (QED) is 0.276. The maximum Gasteiger partial charge on any atom is 0.266 e. The average Bonchev–Trinajstić information content (AvgIpc) is 3.05. The highest BCUT2D eigenvalue weighted by molar-refractivity contribution is 8.26.